The van der Waals surface area contributed by atoms with E-state index in [0.29, 0.717) is 12.3 Å². The van der Waals surface area contributed by atoms with Crippen LogP contribution in [0, 0.1) is 5.92 Å². The van der Waals surface area contributed by atoms with Gasteiger partial charge in [-0.25, -0.2) is 4.79 Å². The third kappa shape index (κ3) is 4.04. The van der Waals surface area contributed by atoms with Crippen molar-refractivity contribution in [3.05, 3.63) is 34.2 Å². The van der Waals surface area contributed by atoms with E-state index in [2.05, 4.69) is 16.3 Å². The van der Waals surface area contributed by atoms with E-state index in [4.69, 9.17) is 0 Å². The van der Waals surface area contributed by atoms with Gasteiger partial charge in [-0.3, -0.25) is 23.6 Å². The Bertz CT molecular complexity index is 1110. The Balaban J connectivity index is 1.39. The molecule has 5 rings (SSSR count). The van der Waals surface area contributed by atoms with Crippen molar-refractivity contribution in [1.29, 1.82) is 0 Å². The number of imidazole rings is 1. The van der Waals surface area contributed by atoms with Crippen molar-refractivity contribution in [2.75, 3.05) is 39.8 Å². The fourth-order valence-electron chi connectivity index (χ4n) is 6.09. The van der Waals surface area contributed by atoms with Crippen LogP contribution in [0.25, 0.3) is 11.0 Å². The number of hydrogen-bond donors (Lipinski definition) is 1. The predicted molar refractivity (Wildman–Crippen MR) is 127 cm³/mol. The minimum atomic E-state index is -0.619. The number of benzene rings is 1. The Kier molecular flexibility index (Phi) is 6.14. The number of rotatable bonds is 4. The summed E-state index contributed by atoms with van der Waals surface area (Å²) in [4.78, 5) is 41.9. The molecule has 1 aromatic carbocycles. The van der Waals surface area contributed by atoms with Crippen molar-refractivity contribution >= 4 is 22.8 Å². The normalized spacial score (nSPS) is 24.2. The predicted octanol–water partition coefficient (Wildman–Crippen LogP) is 1.84. The highest BCUT2D eigenvalue weighted by Crippen LogP contribution is 2.35. The second kappa shape index (κ2) is 9.06. The van der Waals surface area contributed by atoms with Crippen LogP contribution in [0.1, 0.15) is 56.0 Å². The zero-order chi connectivity index (χ0) is 23.1. The van der Waals surface area contributed by atoms with E-state index in [1.165, 1.54) is 36.9 Å². The third-order valence-corrected chi connectivity index (χ3v) is 8.07. The monoisotopic (exact) mass is 453 g/mol. The van der Waals surface area contributed by atoms with Crippen LogP contribution in [0.15, 0.2) is 23.0 Å². The topological polar surface area (TPSA) is 79.6 Å². The summed E-state index contributed by atoms with van der Waals surface area (Å²) in [5.41, 5.74) is 2.77. The van der Waals surface area contributed by atoms with Crippen LogP contribution in [0.5, 0.6) is 0 Å². The Morgan fingerprint density at radius 2 is 1.70 bits per heavy atom. The number of likely N-dealkylation sites (tertiary alicyclic amines) is 2. The fourth-order valence-corrected chi connectivity index (χ4v) is 6.09. The van der Waals surface area contributed by atoms with Crippen LogP contribution in [-0.2, 0) is 16.6 Å². The molecule has 1 unspecified atom stereocenters. The molecule has 3 fully saturated rings. The van der Waals surface area contributed by atoms with E-state index >= 15 is 0 Å². The number of amides is 2. The van der Waals surface area contributed by atoms with Crippen molar-refractivity contribution < 1.29 is 9.59 Å². The second-order valence-electron chi connectivity index (χ2n) is 10.0. The third-order valence-electron chi connectivity index (χ3n) is 8.07. The molecule has 0 bridgehead atoms. The van der Waals surface area contributed by atoms with E-state index in [0.717, 1.165) is 56.0 Å². The number of fused-ring (bicyclic) bond motifs is 1. The van der Waals surface area contributed by atoms with Gasteiger partial charge in [-0.1, -0.05) is 12.1 Å². The van der Waals surface area contributed by atoms with Gasteiger partial charge in [0.25, 0.3) is 5.91 Å². The number of para-hydroxylation sites is 1. The standard InChI is InChI=1S/C25H35N5O3/c1-27-22(31)7-6-21(24(27)32)30-20-5-3-4-19(23(20)28(2)25(30)33)18-10-14-29(15-11-18)16-17-8-12-26-13-9-17/h3-5,17-18,21,26H,6-16H2,1-2H3. The lowest BCUT2D eigenvalue weighted by Gasteiger charge is -2.35. The van der Waals surface area contributed by atoms with E-state index in [-0.39, 0.29) is 23.9 Å². The van der Waals surface area contributed by atoms with Gasteiger partial charge in [0.1, 0.15) is 6.04 Å². The number of nitrogens with one attached hydrogen (secondary N) is 1. The molecule has 1 aromatic heterocycles. The Morgan fingerprint density at radius 3 is 2.42 bits per heavy atom. The molecule has 3 aliphatic rings. The number of hydrogen-bond acceptors (Lipinski definition) is 5. The lowest BCUT2D eigenvalue weighted by molar-refractivity contribution is -0.149. The van der Waals surface area contributed by atoms with Crippen LogP contribution >= 0.6 is 0 Å². The molecular formula is C25H35N5O3. The van der Waals surface area contributed by atoms with Crippen molar-refractivity contribution in [2.24, 2.45) is 13.0 Å². The largest absolute Gasteiger partial charge is 0.329 e. The second-order valence-corrected chi connectivity index (χ2v) is 10.0. The first-order chi connectivity index (χ1) is 16.0. The molecule has 0 aliphatic carbocycles. The molecule has 0 radical (unpaired) electrons. The SMILES string of the molecule is CN1C(=O)CCC(n2c(=O)n(C)c3c(C4CCN(CC5CCNCC5)CC4)cccc32)C1=O. The van der Waals surface area contributed by atoms with E-state index in [1.54, 1.807) is 16.2 Å². The van der Waals surface area contributed by atoms with Crippen LogP contribution in [0.3, 0.4) is 0 Å². The Morgan fingerprint density at radius 1 is 0.970 bits per heavy atom. The molecular weight excluding hydrogens is 418 g/mol. The summed E-state index contributed by atoms with van der Waals surface area (Å²) in [6, 6.07) is 5.48. The van der Waals surface area contributed by atoms with Gasteiger partial charge in [0.2, 0.25) is 5.91 Å². The molecule has 8 nitrogen and oxygen atoms in total. The molecule has 4 heterocycles. The number of piperidine rings is 3. The highest BCUT2D eigenvalue weighted by Gasteiger charge is 2.36. The first-order valence-corrected chi connectivity index (χ1v) is 12.4. The molecule has 2 aromatic rings. The molecule has 1 atom stereocenters. The summed E-state index contributed by atoms with van der Waals surface area (Å²) < 4.78 is 3.33. The highest BCUT2D eigenvalue weighted by molar-refractivity contribution is 6.00. The van der Waals surface area contributed by atoms with E-state index in [9.17, 15) is 14.4 Å². The molecule has 1 N–H and O–H groups in total. The average Bonchev–Trinajstić information content (AvgIpc) is 3.09. The number of aryl methyl sites for hydroxylation is 1. The van der Waals surface area contributed by atoms with Crippen molar-refractivity contribution in [2.45, 2.75) is 50.5 Å². The molecule has 3 saturated heterocycles. The van der Waals surface area contributed by atoms with Gasteiger partial charge in [0, 0.05) is 27.1 Å². The smallest absolute Gasteiger partial charge is 0.317 e. The number of aromatic nitrogens is 2. The summed E-state index contributed by atoms with van der Waals surface area (Å²) in [7, 11) is 3.31. The summed E-state index contributed by atoms with van der Waals surface area (Å²) in [5, 5.41) is 3.45. The molecule has 8 heteroatoms. The minimum absolute atomic E-state index is 0.179. The van der Waals surface area contributed by atoms with Gasteiger partial charge in [-0.2, -0.15) is 0 Å². The van der Waals surface area contributed by atoms with Gasteiger partial charge in [0.15, 0.2) is 0 Å². The van der Waals surface area contributed by atoms with Crippen LogP contribution in [-0.4, -0.2) is 70.5 Å². The van der Waals surface area contributed by atoms with Crippen LogP contribution < -0.4 is 11.0 Å². The lowest BCUT2D eigenvalue weighted by Crippen LogP contribution is -2.45. The van der Waals surface area contributed by atoms with Crippen molar-refractivity contribution in [3.8, 4) is 0 Å². The maximum atomic E-state index is 13.3. The minimum Gasteiger partial charge on any atom is -0.317 e. The first kappa shape index (κ1) is 22.3. The number of likely N-dealkylation sites (N-methyl/N-ethyl adjacent to an activating group) is 1. The number of carbonyl (C=O) groups is 2. The van der Waals surface area contributed by atoms with Gasteiger partial charge >= 0.3 is 5.69 Å². The van der Waals surface area contributed by atoms with Gasteiger partial charge < -0.3 is 10.2 Å². The molecule has 0 saturated carbocycles. The van der Waals surface area contributed by atoms with Gasteiger partial charge in [-0.05, 0) is 81.7 Å². The summed E-state index contributed by atoms with van der Waals surface area (Å²) in [6.45, 7) is 5.66. The Hall–Kier alpha value is -2.45. The highest BCUT2D eigenvalue weighted by atomic mass is 16.2. The van der Waals surface area contributed by atoms with Gasteiger partial charge in [0.05, 0.1) is 11.0 Å². The molecule has 0 spiro atoms. The van der Waals surface area contributed by atoms with E-state index in [1.807, 2.05) is 12.1 Å². The maximum absolute atomic E-state index is 13.3. The summed E-state index contributed by atoms with van der Waals surface area (Å²) in [6.07, 6.45) is 5.38. The molecule has 178 valence electrons. The molecule has 3 aliphatic heterocycles. The maximum Gasteiger partial charge on any atom is 0.329 e. The van der Waals surface area contributed by atoms with Crippen LogP contribution in [0.4, 0.5) is 0 Å². The van der Waals surface area contributed by atoms with E-state index < -0.39 is 6.04 Å². The van der Waals surface area contributed by atoms with Crippen molar-refractivity contribution in [1.82, 2.24) is 24.3 Å². The summed E-state index contributed by atoms with van der Waals surface area (Å²) >= 11 is 0. The average molecular weight is 454 g/mol. The fraction of sp³-hybridized carbons (Fsp3) is 0.640. The quantitative estimate of drug-likeness (QED) is 0.715. The van der Waals surface area contributed by atoms with Gasteiger partial charge in [-0.15, -0.1) is 0 Å². The Labute approximate surface area is 194 Å². The molecule has 2 amide bonds. The number of carbonyl (C=O) groups excluding carboxylic acids is 2. The molecule has 33 heavy (non-hydrogen) atoms. The lowest BCUT2D eigenvalue weighted by atomic mass is 9.87. The van der Waals surface area contributed by atoms with Crippen LogP contribution in [0.2, 0.25) is 0 Å². The number of imide groups is 1. The zero-order valence-corrected chi connectivity index (χ0v) is 19.8. The first-order valence-electron chi connectivity index (χ1n) is 12.4. The number of nitrogens with zero attached hydrogens (tertiary/aromatic N) is 4. The summed E-state index contributed by atoms with van der Waals surface area (Å²) in [5.74, 6) is 0.740. The zero-order valence-electron chi connectivity index (χ0n) is 19.8. The van der Waals surface area contributed by atoms with Crippen molar-refractivity contribution in [3.63, 3.8) is 0 Å².